The molecule has 0 aliphatic carbocycles. The molecule has 128 valence electrons. The minimum Gasteiger partial charge on any atom is -0.341 e. The van der Waals surface area contributed by atoms with Crippen LogP contribution in [0.4, 0.5) is 0 Å². The van der Waals surface area contributed by atoms with Crippen LogP contribution in [0.25, 0.3) is 0 Å². The minimum absolute atomic E-state index is 0.0581. The van der Waals surface area contributed by atoms with Gasteiger partial charge in [-0.05, 0) is 36.9 Å². The van der Waals surface area contributed by atoms with Crippen LogP contribution in [-0.2, 0) is 14.8 Å². The van der Waals surface area contributed by atoms with Crippen LogP contribution >= 0.6 is 11.8 Å². The highest BCUT2D eigenvalue weighted by Crippen LogP contribution is 2.21. The highest BCUT2D eigenvalue weighted by atomic mass is 32.2. The van der Waals surface area contributed by atoms with Gasteiger partial charge in [-0.15, -0.1) is 11.8 Å². The molecule has 0 spiro atoms. The van der Waals surface area contributed by atoms with Crippen LogP contribution in [0.3, 0.4) is 0 Å². The summed E-state index contributed by atoms with van der Waals surface area (Å²) in [5.74, 6) is 0.0332. The summed E-state index contributed by atoms with van der Waals surface area (Å²) >= 11 is 1.58. The highest BCUT2D eigenvalue weighted by molar-refractivity contribution is 7.98. The number of carbonyl (C=O) groups is 1. The van der Waals surface area contributed by atoms with E-state index < -0.39 is 10.0 Å². The number of hydrogen-bond donors (Lipinski definition) is 0. The molecule has 1 aromatic rings. The molecular formula is C16H24N2O3S2. The van der Waals surface area contributed by atoms with E-state index in [1.165, 1.54) is 4.31 Å². The molecule has 2 rings (SSSR count). The second-order valence-corrected chi connectivity index (χ2v) is 8.73. The van der Waals surface area contributed by atoms with Gasteiger partial charge in [0, 0.05) is 37.0 Å². The Morgan fingerprint density at radius 3 is 2.30 bits per heavy atom. The number of benzene rings is 1. The van der Waals surface area contributed by atoms with Crippen molar-refractivity contribution >= 4 is 27.7 Å². The first-order chi connectivity index (χ1) is 10.9. The molecule has 0 saturated carbocycles. The van der Waals surface area contributed by atoms with E-state index >= 15 is 0 Å². The molecule has 1 fully saturated rings. The highest BCUT2D eigenvalue weighted by Gasteiger charge is 2.28. The van der Waals surface area contributed by atoms with E-state index in [2.05, 4.69) is 0 Å². The molecular weight excluding hydrogens is 332 g/mol. The zero-order chi connectivity index (χ0) is 17.0. The lowest BCUT2D eigenvalue weighted by Crippen LogP contribution is -2.38. The number of carbonyl (C=O) groups excluding carboxylic acids is 1. The smallest absolute Gasteiger partial charge is 0.243 e. The van der Waals surface area contributed by atoms with Gasteiger partial charge in [0.05, 0.1) is 4.90 Å². The lowest BCUT2D eigenvalue weighted by Gasteiger charge is -2.23. The standard InChI is InChI=1S/C16H24N2O3S2/c1-13(2)16(19)17-9-4-10-18(12-11-17)23(20,21)15-7-5-14(22-3)6-8-15/h5-8,13H,4,9-12H2,1-3H3. The first-order valence-corrected chi connectivity index (χ1v) is 10.5. The van der Waals surface area contributed by atoms with Gasteiger partial charge >= 0.3 is 0 Å². The third kappa shape index (κ3) is 4.28. The molecule has 0 aromatic heterocycles. The first-order valence-electron chi connectivity index (χ1n) is 7.79. The minimum atomic E-state index is -3.49. The van der Waals surface area contributed by atoms with Crippen LogP contribution in [0, 0.1) is 5.92 Å². The van der Waals surface area contributed by atoms with Crippen molar-refractivity contribution in [1.82, 2.24) is 9.21 Å². The van der Waals surface area contributed by atoms with Crippen molar-refractivity contribution in [1.29, 1.82) is 0 Å². The maximum Gasteiger partial charge on any atom is 0.243 e. The molecule has 1 aliphatic heterocycles. The average molecular weight is 357 g/mol. The zero-order valence-electron chi connectivity index (χ0n) is 13.9. The number of thioether (sulfide) groups is 1. The Labute approximate surface area is 143 Å². The van der Waals surface area contributed by atoms with E-state index in [1.54, 1.807) is 28.8 Å². The maximum atomic E-state index is 12.8. The molecule has 23 heavy (non-hydrogen) atoms. The van der Waals surface area contributed by atoms with Gasteiger partial charge in [0.1, 0.15) is 0 Å². The summed E-state index contributed by atoms with van der Waals surface area (Å²) in [6.07, 6.45) is 2.62. The molecule has 5 nitrogen and oxygen atoms in total. The van der Waals surface area contributed by atoms with Crippen LogP contribution < -0.4 is 0 Å². The third-order valence-electron chi connectivity index (χ3n) is 3.96. The van der Waals surface area contributed by atoms with Crippen molar-refractivity contribution < 1.29 is 13.2 Å². The Morgan fingerprint density at radius 2 is 1.74 bits per heavy atom. The summed E-state index contributed by atoms with van der Waals surface area (Å²) in [7, 11) is -3.49. The molecule has 0 bridgehead atoms. The molecule has 1 heterocycles. The van der Waals surface area contributed by atoms with Crippen LogP contribution in [0.5, 0.6) is 0 Å². The summed E-state index contributed by atoms with van der Waals surface area (Å²) in [6.45, 7) is 5.62. The van der Waals surface area contributed by atoms with Crippen molar-refractivity contribution in [3.05, 3.63) is 24.3 Å². The van der Waals surface area contributed by atoms with Crippen LogP contribution in [-0.4, -0.2) is 56.0 Å². The molecule has 1 saturated heterocycles. The fraction of sp³-hybridized carbons (Fsp3) is 0.562. The van der Waals surface area contributed by atoms with Gasteiger partial charge in [-0.25, -0.2) is 8.42 Å². The Balaban J connectivity index is 2.12. The molecule has 0 atom stereocenters. The van der Waals surface area contributed by atoms with Crippen LogP contribution in [0.1, 0.15) is 20.3 Å². The van der Waals surface area contributed by atoms with Gasteiger partial charge < -0.3 is 4.90 Å². The number of hydrogen-bond acceptors (Lipinski definition) is 4. The van der Waals surface area contributed by atoms with E-state index in [9.17, 15) is 13.2 Å². The Bertz CT molecular complexity index is 642. The molecule has 7 heteroatoms. The van der Waals surface area contributed by atoms with Gasteiger partial charge in [-0.2, -0.15) is 4.31 Å². The lowest BCUT2D eigenvalue weighted by atomic mass is 10.2. The maximum absolute atomic E-state index is 12.8. The van der Waals surface area contributed by atoms with Gasteiger partial charge in [0.2, 0.25) is 15.9 Å². The fourth-order valence-corrected chi connectivity index (χ4v) is 4.49. The number of nitrogens with zero attached hydrogens (tertiary/aromatic N) is 2. The Morgan fingerprint density at radius 1 is 1.09 bits per heavy atom. The predicted molar refractivity (Wildman–Crippen MR) is 93.0 cm³/mol. The summed E-state index contributed by atoms with van der Waals surface area (Å²) < 4.78 is 27.0. The topological polar surface area (TPSA) is 57.7 Å². The molecule has 0 radical (unpaired) electrons. The Kier molecular flexibility index (Phi) is 6.11. The van der Waals surface area contributed by atoms with E-state index in [4.69, 9.17) is 0 Å². The molecule has 1 aliphatic rings. The summed E-state index contributed by atoms with van der Waals surface area (Å²) in [6, 6.07) is 6.96. The van der Waals surface area contributed by atoms with Gasteiger partial charge in [-0.3, -0.25) is 4.79 Å². The van der Waals surface area contributed by atoms with Gasteiger partial charge in [0.15, 0.2) is 0 Å². The lowest BCUT2D eigenvalue weighted by molar-refractivity contribution is -0.134. The fourth-order valence-electron chi connectivity index (χ4n) is 2.62. The van der Waals surface area contributed by atoms with E-state index in [0.717, 1.165) is 4.90 Å². The average Bonchev–Trinajstić information content (AvgIpc) is 2.80. The second kappa shape index (κ2) is 7.68. The van der Waals surface area contributed by atoms with E-state index in [1.807, 2.05) is 32.2 Å². The van der Waals surface area contributed by atoms with Gasteiger partial charge in [0.25, 0.3) is 0 Å². The van der Waals surface area contributed by atoms with Crippen molar-refractivity contribution in [3.8, 4) is 0 Å². The van der Waals surface area contributed by atoms with Crippen molar-refractivity contribution in [2.75, 3.05) is 32.4 Å². The molecule has 0 N–H and O–H groups in total. The van der Waals surface area contributed by atoms with E-state index in [-0.39, 0.29) is 11.8 Å². The molecule has 0 unspecified atom stereocenters. The zero-order valence-corrected chi connectivity index (χ0v) is 15.5. The normalized spacial score (nSPS) is 17.3. The van der Waals surface area contributed by atoms with Crippen LogP contribution in [0.15, 0.2) is 34.1 Å². The van der Waals surface area contributed by atoms with E-state index in [0.29, 0.717) is 37.5 Å². The van der Waals surface area contributed by atoms with Gasteiger partial charge in [-0.1, -0.05) is 13.8 Å². The molecule has 1 amide bonds. The monoisotopic (exact) mass is 356 g/mol. The third-order valence-corrected chi connectivity index (χ3v) is 6.61. The Hall–Kier alpha value is -1.05. The van der Waals surface area contributed by atoms with Crippen molar-refractivity contribution in [2.24, 2.45) is 5.92 Å². The summed E-state index contributed by atoms with van der Waals surface area (Å²) in [5, 5.41) is 0. The van der Waals surface area contributed by atoms with Crippen molar-refractivity contribution in [2.45, 2.75) is 30.1 Å². The van der Waals surface area contributed by atoms with Crippen molar-refractivity contribution in [3.63, 3.8) is 0 Å². The quantitative estimate of drug-likeness (QED) is 0.777. The largest absolute Gasteiger partial charge is 0.341 e. The number of sulfonamides is 1. The molecule has 1 aromatic carbocycles. The number of amides is 1. The first kappa shape index (κ1) is 18.3. The SMILES string of the molecule is CSc1ccc(S(=O)(=O)N2CCCN(C(=O)C(C)C)CC2)cc1. The summed E-state index contributed by atoms with van der Waals surface area (Å²) in [5.41, 5.74) is 0. The summed E-state index contributed by atoms with van der Waals surface area (Å²) in [4.78, 5) is 15.2. The number of rotatable bonds is 4. The second-order valence-electron chi connectivity index (χ2n) is 5.91. The predicted octanol–water partition coefficient (Wildman–Crippen LogP) is 2.29. The van der Waals surface area contributed by atoms with Crippen LogP contribution in [0.2, 0.25) is 0 Å².